The molecule has 2 rings (SSSR count). The average Bonchev–Trinajstić information content (AvgIpc) is 2.30. The maximum atomic E-state index is 12.0. The van der Waals surface area contributed by atoms with Gasteiger partial charge in [-0.3, -0.25) is 4.31 Å². The van der Waals surface area contributed by atoms with Crippen LogP contribution in [0.4, 0.5) is 5.69 Å². The van der Waals surface area contributed by atoms with E-state index >= 15 is 0 Å². The molecule has 94 valence electrons. The maximum Gasteiger partial charge on any atom is 0.235 e. The van der Waals surface area contributed by atoms with Crippen LogP contribution in [0.1, 0.15) is 18.4 Å². The second-order valence-corrected chi connectivity index (χ2v) is 6.28. The Morgan fingerprint density at radius 3 is 2.71 bits per heavy atom. The van der Waals surface area contributed by atoms with E-state index in [4.69, 9.17) is 5.73 Å². The van der Waals surface area contributed by atoms with Crippen molar-refractivity contribution in [3.8, 4) is 0 Å². The van der Waals surface area contributed by atoms with Gasteiger partial charge in [-0.05, 0) is 37.4 Å². The first-order chi connectivity index (χ1) is 8.15. The van der Waals surface area contributed by atoms with Gasteiger partial charge in [0.1, 0.15) is 0 Å². The summed E-state index contributed by atoms with van der Waals surface area (Å²) in [5.41, 5.74) is 7.38. The van der Waals surface area contributed by atoms with Crippen LogP contribution in [0, 0.1) is 0 Å². The van der Waals surface area contributed by atoms with Gasteiger partial charge in [0, 0.05) is 6.54 Å². The lowest BCUT2D eigenvalue weighted by molar-refractivity contribution is 0.574. The van der Waals surface area contributed by atoms with E-state index in [1.807, 2.05) is 24.3 Å². The fraction of sp³-hybridized carbons (Fsp3) is 0.500. The van der Waals surface area contributed by atoms with Crippen molar-refractivity contribution in [3.05, 3.63) is 29.8 Å². The molecule has 1 aliphatic heterocycles. The summed E-state index contributed by atoms with van der Waals surface area (Å²) < 4.78 is 25.6. The third kappa shape index (κ3) is 2.61. The second kappa shape index (κ2) is 5.06. The molecule has 0 unspecified atom stereocenters. The molecular weight excluding hydrogens is 236 g/mol. The Morgan fingerprint density at radius 2 is 2.00 bits per heavy atom. The van der Waals surface area contributed by atoms with Crippen LogP contribution in [0.3, 0.4) is 0 Å². The molecule has 0 aliphatic carbocycles. The number of para-hydroxylation sites is 1. The first-order valence-electron chi connectivity index (χ1n) is 5.93. The number of nitrogens with zero attached hydrogens (tertiary/aromatic N) is 1. The lowest BCUT2D eigenvalue weighted by atomic mass is 10.1. The minimum Gasteiger partial charge on any atom is -0.330 e. The largest absolute Gasteiger partial charge is 0.330 e. The molecule has 2 N–H and O–H groups in total. The Kier molecular flexibility index (Phi) is 3.69. The van der Waals surface area contributed by atoms with Crippen LogP contribution in [0.15, 0.2) is 24.3 Å². The Hall–Kier alpha value is -1.07. The molecule has 17 heavy (non-hydrogen) atoms. The van der Waals surface area contributed by atoms with Crippen molar-refractivity contribution in [2.45, 2.75) is 19.3 Å². The Labute approximate surface area is 102 Å². The zero-order valence-electron chi connectivity index (χ0n) is 9.80. The van der Waals surface area contributed by atoms with Crippen molar-refractivity contribution in [1.29, 1.82) is 0 Å². The molecule has 0 aromatic heterocycles. The molecule has 1 aromatic rings. The molecule has 1 saturated heterocycles. The minimum atomic E-state index is -3.12. The number of hydrogen-bond acceptors (Lipinski definition) is 3. The smallest absolute Gasteiger partial charge is 0.235 e. The summed E-state index contributed by atoms with van der Waals surface area (Å²) in [7, 11) is -3.12. The van der Waals surface area contributed by atoms with Gasteiger partial charge in [0.05, 0.1) is 11.4 Å². The van der Waals surface area contributed by atoms with Crippen LogP contribution in [0.25, 0.3) is 0 Å². The van der Waals surface area contributed by atoms with Gasteiger partial charge in [-0.25, -0.2) is 8.42 Å². The number of anilines is 1. The van der Waals surface area contributed by atoms with Gasteiger partial charge in [0.2, 0.25) is 10.0 Å². The quantitative estimate of drug-likeness (QED) is 0.879. The highest BCUT2D eigenvalue weighted by molar-refractivity contribution is 7.92. The first kappa shape index (κ1) is 12.4. The predicted octanol–water partition coefficient (Wildman–Crippen LogP) is 1.12. The molecule has 0 spiro atoms. The predicted molar refractivity (Wildman–Crippen MR) is 69.6 cm³/mol. The highest BCUT2D eigenvalue weighted by Crippen LogP contribution is 2.27. The van der Waals surface area contributed by atoms with E-state index in [9.17, 15) is 8.42 Å². The number of hydrogen-bond donors (Lipinski definition) is 1. The molecule has 1 aromatic carbocycles. The molecule has 0 atom stereocenters. The van der Waals surface area contributed by atoms with Crippen LogP contribution in [-0.4, -0.2) is 27.3 Å². The van der Waals surface area contributed by atoms with Crippen LogP contribution in [0.2, 0.25) is 0 Å². The summed E-state index contributed by atoms with van der Waals surface area (Å²) in [6.07, 6.45) is 2.40. The standard InChI is InChI=1S/C12H18N2O2S/c13-8-7-11-5-1-2-6-12(11)14-9-3-4-10-17(14,15)16/h1-2,5-6H,3-4,7-10,13H2. The summed E-state index contributed by atoms with van der Waals surface area (Å²) in [5.74, 6) is 0.254. The molecule has 1 fully saturated rings. The molecule has 0 bridgehead atoms. The number of benzene rings is 1. The Balaban J connectivity index is 2.38. The van der Waals surface area contributed by atoms with Gasteiger partial charge < -0.3 is 5.73 Å². The summed E-state index contributed by atoms with van der Waals surface area (Å²) in [6, 6.07) is 7.62. The molecule has 0 saturated carbocycles. The Morgan fingerprint density at radius 1 is 1.24 bits per heavy atom. The lowest BCUT2D eigenvalue weighted by Crippen LogP contribution is -2.38. The molecule has 4 nitrogen and oxygen atoms in total. The van der Waals surface area contributed by atoms with E-state index in [-0.39, 0.29) is 5.75 Å². The highest BCUT2D eigenvalue weighted by Gasteiger charge is 2.27. The van der Waals surface area contributed by atoms with Crippen molar-refractivity contribution < 1.29 is 8.42 Å². The van der Waals surface area contributed by atoms with Gasteiger partial charge in [-0.15, -0.1) is 0 Å². The Bertz CT molecular complexity index is 485. The van der Waals surface area contributed by atoms with Crippen LogP contribution in [-0.2, 0) is 16.4 Å². The lowest BCUT2D eigenvalue weighted by Gasteiger charge is -2.30. The molecule has 5 heteroatoms. The van der Waals surface area contributed by atoms with E-state index in [0.717, 1.165) is 24.1 Å². The topological polar surface area (TPSA) is 63.4 Å². The van der Waals surface area contributed by atoms with E-state index < -0.39 is 10.0 Å². The second-order valence-electron chi connectivity index (χ2n) is 4.26. The van der Waals surface area contributed by atoms with Crippen molar-refractivity contribution in [2.75, 3.05) is 23.1 Å². The van der Waals surface area contributed by atoms with E-state index in [1.54, 1.807) is 4.31 Å². The van der Waals surface area contributed by atoms with Crippen molar-refractivity contribution in [1.82, 2.24) is 0 Å². The zero-order chi connectivity index (χ0) is 12.3. The number of sulfonamides is 1. The fourth-order valence-corrected chi connectivity index (χ4v) is 3.85. The summed E-state index contributed by atoms with van der Waals surface area (Å²) in [5, 5.41) is 0. The molecule has 0 amide bonds. The van der Waals surface area contributed by atoms with E-state index in [1.165, 1.54) is 0 Å². The third-order valence-electron chi connectivity index (χ3n) is 3.02. The van der Waals surface area contributed by atoms with Crippen LogP contribution < -0.4 is 10.0 Å². The first-order valence-corrected chi connectivity index (χ1v) is 7.54. The van der Waals surface area contributed by atoms with Gasteiger partial charge >= 0.3 is 0 Å². The summed E-state index contributed by atoms with van der Waals surface area (Å²) >= 11 is 0. The van der Waals surface area contributed by atoms with E-state index in [2.05, 4.69) is 0 Å². The van der Waals surface area contributed by atoms with Crippen molar-refractivity contribution in [3.63, 3.8) is 0 Å². The molecular formula is C12H18N2O2S. The fourth-order valence-electron chi connectivity index (χ4n) is 2.18. The van der Waals surface area contributed by atoms with Crippen LogP contribution >= 0.6 is 0 Å². The average molecular weight is 254 g/mol. The van der Waals surface area contributed by atoms with E-state index in [0.29, 0.717) is 19.5 Å². The molecule has 1 aliphatic rings. The van der Waals surface area contributed by atoms with Gasteiger partial charge in [0.15, 0.2) is 0 Å². The monoisotopic (exact) mass is 254 g/mol. The minimum absolute atomic E-state index is 0.254. The van der Waals surface area contributed by atoms with Gasteiger partial charge in [-0.2, -0.15) is 0 Å². The van der Waals surface area contributed by atoms with Gasteiger partial charge in [-0.1, -0.05) is 18.2 Å². The zero-order valence-corrected chi connectivity index (χ0v) is 10.6. The molecule has 0 radical (unpaired) electrons. The highest BCUT2D eigenvalue weighted by atomic mass is 32.2. The molecule has 1 heterocycles. The van der Waals surface area contributed by atoms with Crippen molar-refractivity contribution >= 4 is 15.7 Å². The normalized spacial score (nSPS) is 19.2. The number of rotatable bonds is 3. The van der Waals surface area contributed by atoms with Gasteiger partial charge in [0.25, 0.3) is 0 Å². The summed E-state index contributed by atoms with van der Waals surface area (Å²) in [6.45, 7) is 1.12. The SMILES string of the molecule is NCCc1ccccc1N1CCCCS1(=O)=O. The van der Waals surface area contributed by atoms with Crippen molar-refractivity contribution in [2.24, 2.45) is 5.73 Å². The van der Waals surface area contributed by atoms with Crippen LogP contribution in [0.5, 0.6) is 0 Å². The number of nitrogens with two attached hydrogens (primary N) is 1. The third-order valence-corrected chi connectivity index (χ3v) is 4.88. The summed E-state index contributed by atoms with van der Waals surface area (Å²) in [4.78, 5) is 0. The maximum absolute atomic E-state index is 12.0.